The number of anilines is 1. The van der Waals surface area contributed by atoms with Crippen LogP contribution < -0.4 is 15.4 Å². The highest BCUT2D eigenvalue weighted by Crippen LogP contribution is 2.31. The van der Waals surface area contributed by atoms with Gasteiger partial charge >= 0.3 is 0 Å². The van der Waals surface area contributed by atoms with E-state index in [2.05, 4.69) is 10.6 Å². The Kier molecular flexibility index (Phi) is 7.87. The molecule has 0 bridgehead atoms. The van der Waals surface area contributed by atoms with Crippen molar-refractivity contribution in [1.29, 1.82) is 0 Å². The molecule has 0 aromatic heterocycles. The minimum Gasteiger partial charge on any atom is -0.495 e. The summed E-state index contributed by atoms with van der Waals surface area (Å²) < 4.78 is 18.3. The average Bonchev–Trinajstić information content (AvgIpc) is 2.76. The number of piperidine rings is 1. The van der Waals surface area contributed by atoms with Crippen LogP contribution >= 0.6 is 11.6 Å². The lowest BCUT2D eigenvalue weighted by Gasteiger charge is -2.30. The Balaban J connectivity index is 1.44. The Labute approximate surface area is 186 Å². The number of hydrogen-bond donors (Lipinski definition) is 2. The third-order valence-electron chi connectivity index (χ3n) is 5.46. The van der Waals surface area contributed by atoms with Gasteiger partial charge in [0.1, 0.15) is 11.6 Å². The summed E-state index contributed by atoms with van der Waals surface area (Å²) in [4.78, 5) is 27.0. The molecule has 31 heavy (non-hydrogen) atoms. The molecule has 3 rings (SSSR count). The standard InChI is InChI=1S/C23H27ClFN3O3/c1-15-11-20(21(31-2)12-19(15)24)27-22(29)14-28-9-7-17(8-10-28)23(30)26-13-16-3-5-18(25)6-4-16/h3-6,11-12,17H,7-10,13-14H2,1-2H3,(H,26,30)(H,27,29). The third-order valence-corrected chi connectivity index (χ3v) is 5.87. The second-order valence-electron chi connectivity index (χ2n) is 7.74. The Morgan fingerprint density at radius 3 is 2.52 bits per heavy atom. The van der Waals surface area contributed by atoms with Crippen molar-refractivity contribution in [3.05, 3.63) is 58.4 Å². The lowest BCUT2D eigenvalue weighted by molar-refractivity contribution is -0.126. The summed E-state index contributed by atoms with van der Waals surface area (Å²) in [7, 11) is 1.53. The molecule has 1 aliphatic rings. The van der Waals surface area contributed by atoms with Crippen LogP contribution in [0.1, 0.15) is 24.0 Å². The van der Waals surface area contributed by atoms with Gasteiger partial charge in [0.2, 0.25) is 11.8 Å². The van der Waals surface area contributed by atoms with Crippen LogP contribution in [0.15, 0.2) is 36.4 Å². The molecule has 2 N–H and O–H groups in total. The fraction of sp³-hybridized carbons (Fsp3) is 0.391. The zero-order valence-corrected chi connectivity index (χ0v) is 18.5. The van der Waals surface area contributed by atoms with E-state index in [1.54, 1.807) is 24.3 Å². The molecule has 0 unspecified atom stereocenters. The quantitative estimate of drug-likeness (QED) is 0.678. The molecule has 1 heterocycles. The van der Waals surface area contributed by atoms with Crippen LogP contribution in [-0.4, -0.2) is 43.5 Å². The molecule has 2 aromatic carbocycles. The van der Waals surface area contributed by atoms with E-state index in [9.17, 15) is 14.0 Å². The van der Waals surface area contributed by atoms with Crippen molar-refractivity contribution in [3.8, 4) is 5.75 Å². The van der Waals surface area contributed by atoms with Crippen LogP contribution in [-0.2, 0) is 16.1 Å². The summed E-state index contributed by atoms with van der Waals surface area (Å²) in [6, 6.07) is 9.55. The number of benzene rings is 2. The number of ether oxygens (including phenoxy) is 1. The smallest absolute Gasteiger partial charge is 0.238 e. The summed E-state index contributed by atoms with van der Waals surface area (Å²) in [5.41, 5.74) is 2.30. The maximum absolute atomic E-state index is 13.0. The number of nitrogens with one attached hydrogen (secondary N) is 2. The van der Waals surface area contributed by atoms with E-state index in [4.69, 9.17) is 16.3 Å². The minimum absolute atomic E-state index is 0.00481. The molecule has 1 aliphatic heterocycles. The SMILES string of the molecule is COc1cc(Cl)c(C)cc1NC(=O)CN1CCC(C(=O)NCc2ccc(F)cc2)CC1. The molecule has 2 amide bonds. The first-order chi connectivity index (χ1) is 14.9. The predicted octanol–water partition coefficient (Wildman–Crippen LogP) is 3.76. The van der Waals surface area contributed by atoms with Crippen LogP contribution in [0.25, 0.3) is 0 Å². The molecule has 0 spiro atoms. The second-order valence-corrected chi connectivity index (χ2v) is 8.15. The molecule has 8 heteroatoms. The fourth-order valence-electron chi connectivity index (χ4n) is 3.61. The largest absolute Gasteiger partial charge is 0.495 e. The Hall–Kier alpha value is -2.64. The normalized spacial score (nSPS) is 14.8. The zero-order valence-electron chi connectivity index (χ0n) is 17.7. The maximum Gasteiger partial charge on any atom is 0.238 e. The molecule has 0 aliphatic carbocycles. The van der Waals surface area contributed by atoms with E-state index >= 15 is 0 Å². The number of likely N-dealkylation sites (tertiary alicyclic amines) is 1. The van der Waals surface area contributed by atoms with E-state index in [1.165, 1.54) is 19.2 Å². The molecular formula is C23H27ClFN3O3. The summed E-state index contributed by atoms with van der Waals surface area (Å²) >= 11 is 6.11. The average molecular weight is 448 g/mol. The molecule has 0 radical (unpaired) electrons. The van der Waals surface area contributed by atoms with Crippen molar-refractivity contribution >= 4 is 29.1 Å². The first kappa shape index (κ1) is 23.0. The number of rotatable bonds is 7. The summed E-state index contributed by atoms with van der Waals surface area (Å²) in [5.74, 6) is -0.00980. The molecule has 6 nitrogen and oxygen atoms in total. The molecule has 2 aromatic rings. The van der Waals surface area contributed by atoms with Crippen molar-refractivity contribution in [2.45, 2.75) is 26.3 Å². The Morgan fingerprint density at radius 2 is 1.87 bits per heavy atom. The van der Waals surface area contributed by atoms with Crippen molar-refractivity contribution in [1.82, 2.24) is 10.2 Å². The fourth-order valence-corrected chi connectivity index (χ4v) is 3.77. The molecule has 166 valence electrons. The van der Waals surface area contributed by atoms with Crippen LogP contribution in [0.5, 0.6) is 5.75 Å². The molecule has 1 saturated heterocycles. The van der Waals surface area contributed by atoms with Gasteiger partial charge in [-0.15, -0.1) is 0 Å². The van der Waals surface area contributed by atoms with Crippen molar-refractivity contribution in [3.63, 3.8) is 0 Å². The monoisotopic (exact) mass is 447 g/mol. The van der Waals surface area contributed by atoms with E-state index in [1.807, 2.05) is 11.8 Å². The lowest BCUT2D eigenvalue weighted by Crippen LogP contribution is -2.43. The van der Waals surface area contributed by atoms with Gasteiger partial charge in [0, 0.05) is 23.6 Å². The number of aryl methyl sites for hydroxylation is 1. The predicted molar refractivity (Wildman–Crippen MR) is 119 cm³/mol. The number of amides is 2. The number of halogens is 2. The Morgan fingerprint density at radius 1 is 1.19 bits per heavy atom. The van der Waals surface area contributed by atoms with Crippen LogP contribution in [0.4, 0.5) is 10.1 Å². The van der Waals surface area contributed by atoms with E-state index in [0.717, 1.165) is 11.1 Å². The number of methoxy groups -OCH3 is 1. The number of nitrogens with zero attached hydrogens (tertiary/aromatic N) is 1. The van der Waals surface area contributed by atoms with Gasteiger partial charge in [-0.25, -0.2) is 4.39 Å². The van der Waals surface area contributed by atoms with Gasteiger partial charge in [-0.05, 0) is 62.2 Å². The van der Waals surface area contributed by atoms with Gasteiger partial charge in [0.25, 0.3) is 0 Å². The Bertz CT molecular complexity index is 928. The van der Waals surface area contributed by atoms with Gasteiger partial charge in [0.15, 0.2) is 0 Å². The van der Waals surface area contributed by atoms with Gasteiger partial charge in [0.05, 0.1) is 19.3 Å². The van der Waals surface area contributed by atoms with E-state index < -0.39 is 0 Å². The number of carbonyl (C=O) groups excluding carboxylic acids is 2. The first-order valence-electron chi connectivity index (χ1n) is 10.2. The van der Waals surface area contributed by atoms with E-state index in [-0.39, 0.29) is 30.1 Å². The topological polar surface area (TPSA) is 70.7 Å². The molecular weight excluding hydrogens is 421 g/mol. The summed E-state index contributed by atoms with van der Waals surface area (Å²) in [6.45, 7) is 3.82. The highest BCUT2D eigenvalue weighted by atomic mass is 35.5. The van der Waals surface area contributed by atoms with Crippen molar-refractivity contribution in [2.75, 3.05) is 32.1 Å². The van der Waals surface area contributed by atoms with Crippen LogP contribution in [0.3, 0.4) is 0 Å². The number of hydrogen-bond acceptors (Lipinski definition) is 4. The third kappa shape index (κ3) is 6.42. The highest BCUT2D eigenvalue weighted by molar-refractivity contribution is 6.31. The lowest BCUT2D eigenvalue weighted by atomic mass is 9.96. The molecule has 0 saturated carbocycles. The van der Waals surface area contributed by atoms with Gasteiger partial charge in [-0.2, -0.15) is 0 Å². The van der Waals surface area contributed by atoms with Crippen molar-refractivity contribution in [2.24, 2.45) is 5.92 Å². The molecule has 1 fully saturated rings. The maximum atomic E-state index is 13.0. The van der Waals surface area contributed by atoms with Gasteiger partial charge < -0.3 is 15.4 Å². The summed E-state index contributed by atoms with van der Waals surface area (Å²) in [6.07, 6.45) is 1.37. The first-order valence-corrected chi connectivity index (χ1v) is 10.6. The van der Waals surface area contributed by atoms with Gasteiger partial charge in [-0.1, -0.05) is 23.7 Å². The number of carbonyl (C=O) groups is 2. The van der Waals surface area contributed by atoms with Crippen LogP contribution in [0, 0.1) is 18.7 Å². The van der Waals surface area contributed by atoms with Crippen LogP contribution in [0.2, 0.25) is 5.02 Å². The highest BCUT2D eigenvalue weighted by Gasteiger charge is 2.26. The second kappa shape index (κ2) is 10.6. The van der Waals surface area contributed by atoms with Crippen molar-refractivity contribution < 1.29 is 18.7 Å². The van der Waals surface area contributed by atoms with E-state index in [0.29, 0.717) is 48.9 Å². The molecule has 0 atom stereocenters. The van der Waals surface area contributed by atoms with Gasteiger partial charge in [-0.3, -0.25) is 14.5 Å². The zero-order chi connectivity index (χ0) is 22.4. The summed E-state index contributed by atoms with van der Waals surface area (Å²) in [5, 5.41) is 6.38. The minimum atomic E-state index is -0.295.